The van der Waals surface area contributed by atoms with E-state index in [0.29, 0.717) is 9.39 Å². The molecule has 0 atom stereocenters. The van der Waals surface area contributed by atoms with E-state index in [1.165, 1.54) is 6.07 Å². The summed E-state index contributed by atoms with van der Waals surface area (Å²) in [7, 11) is 0. The van der Waals surface area contributed by atoms with Gasteiger partial charge >= 0.3 is 6.36 Å². The van der Waals surface area contributed by atoms with Gasteiger partial charge in [-0.15, -0.1) is 13.2 Å². The van der Waals surface area contributed by atoms with Crippen LogP contribution in [0.5, 0.6) is 5.75 Å². The van der Waals surface area contributed by atoms with Crippen LogP contribution < -0.4 is 4.74 Å². The highest BCUT2D eigenvalue weighted by Crippen LogP contribution is 2.29. The van der Waals surface area contributed by atoms with E-state index in [9.17, 15) is 13.2 Å². The Balaban J connectivity index is 3.20. The number of hydrogen-bond acceptors (Lipinski definition) is 3. The fourth-order valence-corrected chi connectivity index (χ4v) is 1.92. The topological polar surface area (TPSA) is 45.9 Å². The molecular formula is C9H6F3IN2O. The Kier molecular flexibility index (Phi) is 3.96. The third-order valence-corrected chi connectivity index (χ3v) is 2.53. The number of aromatic nitrogens is 1. The zero-order valence-electron chi connectivity index (χ0n) is 8.10. The minimum Gasteiger partial charge on any atom is -0.405 e. The van der Waals surface area contributed by atoms with Crippen LogP contribution in [0, 0.1) is 22.0 Å². The van der Waals surface area contributed by atoms with Gasteiger partial charge in [0.25, 0.3) is 0 Å². The summed E-state index contributed by atoms with van der Waals surface area (Å²) >= 11 is 1.78. The largest absolute Gasteiger partial charge is 0.573 e. The standard InChI is InChI=1S/C9H6F3IN2O/c1-5-4-7(16-9(10,11)12)6(2-3-14)8(13)15-5/h4H,2H2,1H3. The van der Waals surface area contributed by atoms with Crippen molar-refractivity contribution in [1.29, 1.82) is 5.26 Å². The number of halogens is 4. The molecule has 3 nitrogen and oxygen atoms in total. The molecule has 0 unspecified atom stereocenters. The lowest BCUT2D eigenvalue weighted by molar-refractivity contribution is -0.274. The first kappa shape index (κ1) is 13.0. The molecule has 0 aliphatic carbocycles. The second kappa shape index (κ2) is 4.86. The second-order valence-corrected chi connectivity index (χ2v) is 3.94. The smallest absolute Gasteiger partial charge is 0.405 e. The van der Waals surface area contributed by atoms with E-state index in [1.54, 1.807) is 35.6 Å². The van der Waals surface area contributed by atoms with Gasteiger partial charge in [0, 0.05) is 17.3 Å². The summed E-state index contributed by atoms with van der Waals surface area (Å²) in [4.78, 5) is 3.97. The number of pyridine rings is 1. The van der Waals surface area contributed by atoms with Gasteiger partial charge in [0.05, 0.1) is 12.5 Å². The summed E-state index contributed by atoms with van der Waals surface area (Å²) in [6, 6.07) is 2.95. The first-order valence-electron chi connectivity index (χ1n) is 4.12. The second-order valence-electron chi connectivity index (χ2n) is 2.91. The molecule has 1 rings (SSSR count). The Morgan fingerprint density at radius 2 is 2.19 bits per heavy atom. The van der Waals surface area contributed by atoms with Gasteiger partial charge in [0.1, 0.15) is 9.45 Å². The van der Waals surface area contributed by atoms with Gasteiger partial charge in [-0.3, -0.25) is 0 Å². The molecule has 0 spiro atoms. The van der Waals surface area contributed by atoms with E-state index in [2.05, 4.69) is 9.72 Å². The minimum absolute atomic E-state index is 0.158. The van der Waals surface area contributed by atoms with Crippen LogP contribution in [-0.2, 0) is 6.42 Å². The molecule has 0 aliphatic heterocycles. The highest BCUT2D eigenvalue weighted by Gasteiger charge is 2.32. The predicted octanol–water partition coefficient (Wildman–Crippen LogP) is 2.96. The number of alkyl halides is 3. The van der Waals surface area contributed by atoms with Gasteiger partial charge in [-0.05, 0) is 29.5 Å². The molecule has 0 bridgehead atoms. The summed E-state index contributed by atoms with van der Waals surface area (Å²) in [6.07, 6.45) is -4.93. The van der Waals surface area contributed by atoms with Crippen LogP contribution in [0.15, 0.2) is 6.07 Å². The van der Waals surface area contributed by atoms with Gasteiger partial charge in [-0.25, -0.2) is 4.98 Å². The lowest BCUT2D eigenvalue weighted by Gasteiger charge is -2.13. The molecule has 0 amide bonds. The van der Waals surface area contributed by atoms with Crippen LogP contribution in [0.1, 0.15) is 11.3 Å². The van der Waals surface area contributed by atoms with Crippen molar-refractivity contribution >= 4 is 22.6 Å². The van der Waals surface area contributed by atoms with Crippen LogP contribution in [0.3, 0.4) is 0 Å². The Hall–Kier alpha value is -1.04. The average Bonchev–Trinajstić information content (AvgIpc) is 2.08. The van der Waals surface area contributed by atoms with Crippen LogP contribution >= 0.6 is 22.6 Å². The highest BCUT2D eigenvalue weighted by molar-refractivity contribution is 14.1. The van der Waals surface area contributed by atoms with Gasteiger partial charge < -0.3 is 4.74 Å². The SMILES string of the molecule is Cc1cc(OC(F)(F)F)c(CC#N)c(I)n1. The lowest BCUT2D eigenvalue weighted by atomic mass is 10.2. The van der Waals surface area contributed by atoms with Gasteiger partial charge in [0.15, 0.2) is 0 Å². The van der Waals surface area contributed by atoms with Crippen molar-refractivity contribution < 1.29 is 17.9 Å². The molecule has 0 fully saturated rings. The summed E-state index contributed by atoms with van der Waals surface area (Å²) in [5.74, 6) is -0.356. The summed E-state index contributed by atoms with van der Waals surface area (Å²) in [5.41, 5.74) is 0.566. The van der Waals surface area contributed by atoms with E-state index >= 15 is 0 Å². The van der Waals surface area contributed by atoms with Crippen molar-refractivity contribution in [2.24, 2.45) is 0 Å². The molecule has 0 N–H and O–H groups in total. The van der Waals surface area contributed by atoms with E-state index in [-0.39, 0.29) is 17.7 Å². The van der Waals surface area contributed by atoms with Gasteiger partial charge in [-0.1, -0.05) is 0 Å². The van der Waals surface area contributed by atoms with Crippen molar-refractivity contribution in [2.75, 3.05) is 0 Å². The first-order valence-corrected chi connectivity index (χ1v) is 5.20. The summed E-state index contributed by atoms with van der Waals surface area (Å²) in [6.45, 7) is 1.56. The van der Waals surface area contributed by atoms with Crippen LogP contribution in [0.2, 0.25) is 0 Å². The summed E-state index contributed by atoms with van der Waals surface area (Å²) < 4.78 is 40.5. The maximum atomic E-state index is 12.1. The fourth-order valence-electron chi connectivity index (χ4n) is 1.09. The molecule has 1 heterocycles. The average molecular weight is 342 g/mol. The zero-order chi connectivity index (χ0) is 12.3. The quantitative estimate of drug-likeness (QED) is 0.613. The maximum absolute atomic E-state index is 12.1. The molecule has 16 heavy (non-hydrogen) atoms. The molecule has 0 saturated heterocycles. The maximum Gasteiger partial charge on any atom is 0.573 e. The molecule has 1 aromatic heterocycles. The number of nitrogens with zero attached hydrogens (tertiary/aromatic N) is 2. The highest BCUT2D eigenvalue weighted by atomic mass is 127. The minimum atomic E-state index is -4.76. The molecular weight excluding hydrogens is 336 g/mol. The Labute approximate surface area is 103 Å². The number of nitriles is 1. The molecule has 0 radical (unpaired) electrons. The monoisotopic (exact) mass is 342 g/mol. The van der Waals surface area contributed by atoms with Gasteiger partial charge in [-0.2, -0.15) is 5.26 Å². The van der Waals surface area contributed by atoms with E-state index in [4.69, 9.17) is 5.26 Å². The van der Waals surface area contributed by atoms with Crippen LogP contribution in [0.4, 0.5) is 13.2 Å². The number of hydrogen-bond donors (Lipinski definition) is 0. The predicted molar refractivity (Wildman–Crippen MR) is 57.7 cm³/mol. The normalized spacial score (nSPS) is 11.0. The van der Waals surface area contributed by atoms with Crippen molar-refractivity contribution in [3.8, 4) is 11.8 Å². The molecule has 7 heteroatoms. The Bertz CT molecular complexity index is 440. The Morgan fingerprint density at radius 3 is 2.69 bits per heavy atom. The lowest BCUT2D eigenvalue weighted by Crippen LogP contribution is -2.19. The van der Waals surface area contributed by atoms with Crippen LogP contribution in [-0.4, -0.2) is 11.3 Å². The van der Waals surface area contributed by atoms with Crippen LogP contribution in [0.25, 0.3) is 0 Å². The molecule has 0 aliphatic rings. The number of rotatable bonds is 2. The number of ether oxygens (including phenoxy) is 1. The Morgan fingerprint density at radius 1 is 1.56 bits per heavy atom. The molecule has 0 saturated carbocycles. The van der Waals surface area contributed by atoms with E-state index in [1.807, 2.05) is 0 Å². The summed E-state index contributed by atoms with van der Waals surface area (Å²) in [5, 5.41) is 8.52. The molecule has 86 valence electrons. The van der Waals surface area contributed by atoms with E-state index in [0.717, 1.165) is 0 Å². The van der Waals surface area contributed by atoms with Crippen molar-refractivity contribution in [3.63, 3.8) is 0 Å². The van der Waals surface area contributed by atoms with E-state index < -0.39 is 6.36 Å². The van der Waals surface area contributed by atoms with Crippen molar-refractivity contribution in [1.82, 2.24) is 4.98 Å². The first-order chi connectivity index (χ1) is 7.33. The fraction of sp³-hybridized carbons (Fsp3) is 0.333. The zero-order valence-corrected chi connectivity index (χ0v) is 10.3. The molecule has 0 aromatic carbocycles. The van der Waals surface area contributed by atoms with Crippen molar-refractivity contribution in [3.05, 3.63) is 21.0 Å². The number of aryl methyl sites for hydroxylation is 1. The molecule has 1 aromatic rings. The third kappa shape index (κ3) is 3.52. The van der Waals surface area contributed by atoms with Gasteiger partial charge in [0.2, 0.25) is 0 Å². The third-order valence-electron chi connectivity index (χ3n) is 1.64. The van der Waals surface area contributed by atoms with Crippen molar-refractivity contribution in [2.45, 2.75) is 19.7 Å².